The molecule has 3 N–H and O–H groups in total. The maximum atomic E-state index is 13.6. The number of rotatable bonds is 3. The van der Waals surface area contributed by atoms with Crippen LogP contribution in [0.5, 0.6) is 0 Å². The van der Waals surface area contributed by atoms with Crippen LogP contribution in [-0.4, -0.2) is 75.4 Å². The summed E-state index contributed by atoms with van der Waals surface area (Å²) in [6.45, 7) is 2.96. The topological polar surface area (TPSA) is 109 Å². The number of fused-ring (bicyclic) bond motifs is 5. The molecule has 2 atom stereocenters. The van der Waals surface area contributed by atoms with Crippen LogP contribution in [0.15, 0.2) is 35.3 Å². The first kappa shape index (κ1) is 20.5. The lowest BCUT2D eigenvalue weighted by Gasteiger charge is -2.17. The maximum Gasteiger partial charge on any atom is 0.260 e. The highest BCUT2D eigenvalue weighted by molar-refractivity contribution is 7.24. The SMILES string of the molecule is CN1CCC(Nc2ncc3c(=O)c(C(=O)N4CCC(N)C4)c4sc5ccccc5n4c3n2)C1. The second kappa shape index (κ2) is 7.75. The second-order valence-corrected chi connectivity index (χ2v) is 10.1. The number of likely N-dealkylation sites (N-methyl/N-ethyl adjacent to an activating group) is 1. The predicted octanol–water partition coefficient (Wildman–Crippen LogP) is 1.75. The Hall–Kier alpha value is -3.08. The summed E-state index contributed by atoms with van der Waals surface area (Å²) in [6, 6.07) is 8.11. The predicted molar refractivity (Wildman–Crippen MR) is 130 cm³/mol. The van der Waals surface area contributed by atoms with E-state index in [1.807, 2.05) is 28.7 Å². The largest absolute Gasteiger partial charge is 0.350 e. The molecule has 0 radical (unpaired) electrons. The van der Waals surface area contributed by atoms with Crippen molar-refractivity contribution in [3.05, 3.63) is 46.2 Å². The maximum absolute atomic E-state index is 13.6. The van der Waals surface area contributed by atoms with Gasteiger partial charge in [0.2, 0.25) is 11.4 Å². The summed E-state index contributed by atoms with van der Waals surface area (Å²) in [4.78, 5) is 40.9. The van der Waals surface area contributed by atoms with Gasteiger partial charge in [-0.2, -0.15) is 4.98 Å². The van der Waals surface area contributed by atoms with Gasteiger partial charge in [0, 0.05) is 37.9 Å². The van der Waals surface area contributed by atoms with E-state index in [1.165, 1.54) is 11.3 Å². The number of thiazole rings is 1. The second-order valence-electron chi connectivity index (χ2n) is 9.04. The Morgan fingerprint density at radius 1 is 1.21 bits per heavy atom. The number of nitrogens with two attached hydrogens (primary N) is 1. The normalized spacial score (nSPS) is 21.6. The van der Waals surface area contributed by atoms with Crippen LogP contribution in [0.4, 0.5) is 5.95 Å². The van der Waals surface area contributed by atoms with Crippen LogP contribution >= 0.6 is 11.3 Å². The number of hydrogen-bond donors (Lipinski definition) is 2. The number of pyridine rings is 1. The van der Waals surface area contributed by atoms with Crippen molar-refractivity contribution in [3.8, 4) is 0 Å². The Kier molecular flexibility index (Phi) is 4.82. The molecule has 33 heavy (non-hydrogen) atoms. The standard InChI is InChI=1S/C23H25N7O2S/c1-28-8-7-14(12-28)26-23-25-10-15-19(31)18(21(32)29-9-6-13(24)11-29)22-30(20(15)27-23)16-4-2-3-5-17(16)33-22/h2-5,10,13-14H,6-9,11-12,24H2,1H3,(H,25,26,27). The lowest BCUT2D eigenvalue weighted by molar-refractivity contribution is 0.0791. The number of carbonyl (C=O) groups is 1. The Morgan fingerprint density at radius 3 is 2.82 bits per heavy atom. The van der Waals surface area contributed by atoms with Crippen molar-refractivity contribution < 1.29 is 4.79 Å². The number of amides is 1. The van der Waals surface area contributed by atoms with E-state index in [2.05, 4.69) is 22.2 Å². The molecule has 0 aliphatic carbocycles. The first-order valence-corrected chi connectivity index (χ1v) is 12.0. The summed E-state index contributed by atoms with van der Waals surface area (Å²) in [7, 11) is 2.09. The molecule has 0 bridgehead atoms. The van der Waals surface area contributed by atoms with E-state index in [0.29, 0.717) is 34.9 Å². The molecule has 9 nitrogen and oxygen atoms in total. The van der Waals surface area contributed by atoms with Crippen LogP contribution in [0.1, 0.15) is 23.2 Å². The highest BCUT2D eigenvalue weighted by Crippen LogP contribution is 2.31. The molecule has 3 aromatic heterocycles. The third-order valence-corrected chi connectivity index (χ3v) is 7.78. The number of hydrogen-bond acceptors (Lipinski definition) is 8. The van der Waals surface area contributed by atoms with E-state index in [1.54, 1.807) is 11.1 Å². The van der Waals surface area contributed by atoms with Crippen molar-refractivity contribution in [1.29, 1.82) is 0 Å². The molecule has 0 spiro atoms. The fraction of sp³-hybridized carbons (Fsp3) is 0.391. The lowest BCUT2D eigenvalue weighted by atomic mass is 10.2. The Morgan fingerprint density at radius 2 is 2.06 bits per heavy atom. The number of benzene rings is 1. The summed E-state index contributed by atoms with van der Waals surface area (Å²) < 4.78 is 2.93. The molecular formula is C23H25N7O2S. The quantitative estimate of drug-likeness (QED) is 0.476. The zero-order chi connectivity index (χ0) is 22.7. The number of nitrogens with zero attached hydrogens (tertiary/aromatic N) is 5. The van der Waals surface area contributed by atoms with Crippen molar-refractivity contribution >= 4 is 49.3 Å². The highest BCUT2D eigenvalue weighted by atomic mass is 32.1. The smallest absolute Gasteiger partial charge is 0.260 e. The van der Waals surface area contributed by atoms with Gasteiger partial charge in [-0.15, -0.1) is 11.3 Å². The first-order chi connectivity index (χ1) is 16.0. The van der Waals surface area contributed by atoms with Gasteiger partial charge in [0.05, 0.1) is 15.6 Å². The molecule has 1 amide bonds. The van der Waals surface area contributed by atoms with Gasteiger partial charge in [-0.25, -0.2) is 4.98 Å². The number of likely N-dealkylation sites (tertiary alicyclic amines) is 2. The van der Waals surface area contributed by atoms with Crippen molar-refractivity contribution in [2.45, 2.75) is 24.9 Å². The van der Waals surface area contributed by atoms with E-state index in [0.717, 1.165) is 36.1 Å². The van der Waals surface area contributed by atoms with Gasteiger partial charge in [0.15, 0.2) is 5.65 Å². The monoisotopic (exact) mass is 463 g/mol. The Balaban J connectivity index is 1.57. The third-order valence-electron chi connectivity index (χ3n) is 6.63. The molecule has 4 aromatic rings. The van der Waals surface area contributed by atoms with E-state index in [-0.39, 0.29) is 29.0 Å². The molecule has 2 unspecified atom stereocenters. The average Bonchev–Trinajstić information content (AvgIpc) is 3.52. The summed E-state index contributed by atoms with van der Waals surface area (Å²) in [5.74, 6) is 0.228. The van der Waals surface area contributed by atoms with Crippen molar-refractivity contribution in [1.82, 2.24) is 24.2 Å². The number of carbonyl (C=O) groups excluding carboxylic acids is 1. The number of anilines is 1. The van der Waals surface area contributed by atoms with Gasteiger partial charge in [0.1, 0.15) is 10.4 Å². The Labute approximate surface area is 193 Å². The van der Waals surface area contributed by atoms with Gasteiger partial charge >= 0.3 is 0 Å². The van der Waals surface area contributed by atoms with Crippen LogP contribution in [0, 0.1) is 0 Å². The molecular weight excluding hydrogens is 438 g/mol. The van der Waals surface area contributed by atoms with Gasteiger partial charge < -0.3 is 20.9 Å². The highest BCUT2D eigenvalue weighted by Gasteiger charge is 2.30. The summed E-state index contributed by atoms with van der Waals surface area (Å²) >= 11 is 1.44. The molecule has 2 aliphatic rings. The average molecular weight is 464 g/mol. The third kappa shape index (κ3) is 3.36. The van der Waals surface area contributed by atoms with Gasteiger partial charge in [0.25, 0.3) is 5.91 Å². The minimum Gasteiger partial charge on any atom is -0.350 e. The van der Waals surface area contributed by atoms with Gasteiger partial charge in [-0.3, -0.25) is 14.0 Å². The number of para-hydroxylation sites is 1. The molecule has 2 fully saturated rings. The fourth-order valence-corrected chi connectivity index (χ4v) is 6.10. The number of nitrogens with one attached hydrogen (secondary N) is 1. The van der Waals surface area contributed by atoms with Gasteiger partial charge in [-0.1, -0.05) is 12.1 Å². The van der Waals surface area contributed by atoms with Crippen molar-refractivity contribution in [2.75, 3.05) is 38.5 Å². The van der Waals surface area contributed by atoms with Gasteiger partial charge in [-0.05, 0) is 38.6 Å². The first-order valence-electron chi connectivity index (χ1n) is 11.2. The molecule has 1 aromatic carbocycles. The molecule has 170 valence electrons. The molecule has 5 heterocycles. The molecule has 2 aliphatic heterocycles. The minimum atomic E-state index is -0.325. The summed E-state index contributed by atoms with van der Waals surface area (Å²) in [5, 5.41) is 3.75. The van der Waals surface area contributed by atoms with Crippen molar-refractivity contribution in [3.63, 3.8) is 0 Å². The lowest BCUT2D eigenvalue weighted by Crippen LogP contribution is -2.35. The van der Waals surface area contributed by atoms with Crippen LogP contribution < -0.4 is 16.5 Å². The molecule has 2 saturated heterocycles. The summed E-state index contributed by atoms with van der Waals surface area (Å²) in [5.41, 5.74) is 7.32. The minimum absolute atomic E-state index is 0.0540. The van der Waals surface area contributed by atoms with Crippen LogP contribution in [0.25, 0.3) is 26.1 Å². The molecule has 6 rings (SSSR count). The zero-order valence-electron chi connectivity index (χ0n) is 18.3. The fourth-order valence-electron chi connectivity index (χ4n) is 4.92. The number of aromatic nitrogens is 3. The van der Waals surface area contributed by atoms with Crippen LogP contribution in [-0.2, 0) is 0 Å². The van der Waals surface area contributed by atoms with Crippen LogP contribution in [0.2, 0.25) is 0 Å². The Bertz CT molecular complexity index is 1460. The van der Waals surface area contributed by atoms with E-state index >= 15 is 0 Å². The zero-order valence-corrected chi connectivity index (χ0v) is 19.1. The van der Waals surface area contributed by atoms with E-state index in [4.69, 9.17) is 10.7 Å². The van der Waals surface area contributed by atoms with E-state index in [9.17, 15) is 9.59 Å². The summed E-state index contributed by atoms with van der Waals surface area (Å²) in [6.07, 6.45) is 3.31. The van der Waals surface area contributed by atoms with E-state index < -0.39 is 0 Å². The molecule has 10 heteroatoms. The van der Waals surface area contributed by atoms with Crippen LogP contribution in [0.3, 0.4) is 0 Å². The molecule has 0 saturated carbocycles. The van der Waals surface area contributed by atoms with Crippen molar-refractivity contribution in [2.24, 2.45) is 5.73 Å².